The van der Waals surface area contributed by atoms with E-state index in [1.807, 2.05) is 52.2 Å². The molecule has 0 fully saturated rings. The van der Waals surface area contributed by atoms with Gasteiger partial charge in [-0.3, -0.25) is 4.79 Å². The number of nitrogens with zero attached hydrogens (tertiary/aromatic N) is 4. The predicted octanol–water partition coefficient (Wildman–Crippen LogP) is 2.82. The number of carbonyl (C=O) groups is 1. The highest BCUT2D eigenvalue weighted by atomic mass is 16.2. The molecule has 0 unspecified atom stereocenters. The van der Waals surface area contributed by atoms with Gasteiger partial charge in [-0.25, -0.2) is 9.97 Å². The molecule has 6 nitrogen and oxygen atoms in total. The van der Waals surface area contributed by atoms with Crippen molar-refractivity contribution in [3.05, 3.63) is 47.8 Å². The average molecular weight is 341 g/mol. The molecule has 25 heavy (non-hydrogen) atoms. The number of amides is 1. The zero-order valence-corrected chi connectivity index (χ0v) is 15.5. The van der Waals surface area contributed by atoms with Gasteiger partial charge in [0.1, 0.15) is 0 Å². The van der Waals surface area contributed by atoms with Gasteiger partial charge in [0, 0.05) is 31.2 Å². The maximum atomic E-state index is 12.8. The normalized spacial score (nSPS) is 10.8. The van der Waals surface area contributed by atoms with E-state index in [0.29, 0.717) is 18.1 Å². The molecule has 6 heteroatoms. The number of anilines is 2. The van der Waals surface area contributed by atoms with Crippen LogP contribution in [0.3, 0.4) is 0 Å². The third-order valence-corrected chi connectivity index (χ3v) is 3.84. The van der Waals surface area contributed by atoms with Crippen molar-refractivity contribution < 1.29 is 4.79 Å². The molecule has 1 heterocycles. The van der Waals surface area contributed by atoms with Gasteiger partial charge in [-0.15, -0.1) is 0 Å². The monoisotopic (exact) mass is 341 g/mol. The fraction of sp³-hybridized carbons (Fsp3) is 0.421. The lowest BCUT2D eigenvalue weighted by molar-refractivity contribution is 0.0987. The van der Waals surface area contributed by atoms with Crippen LogP contribution < -0.4 is 10.2 Å². The molecule has 0 aliphatic heterocycles. The Kier molecular flexibility index (Phi) is 6.89. The van der Waals surface area contributed by atoms with Crippen LogP contribution in [-0.4, -0.2) is 54.5 Å². The number of benzene rings is 1. The number of carbonyl (C=O) groups excluding carboxylic acids is 1. The summed E-state index contributed by atoms with van der Waals surface area (Å²) in [6, 6.07) is 7.92. The van der Waals surface area contributed by atoms with Crippen molar-refractivity contribution in [1.29, 1.82) is 0 Å². The largest absolute Gasteiger partial charge is 0.354 e. The molecule has 0 aliphatic rings. The smallest absolute Gasteiger partial charge is 0.261 e. The zero-order valence-electron chi connectivity index (χ0n) is 15.5. The molecule has 2 rings (SSSR count). The predicted molar refractivity (Wildman–Crippen MR) is 102 cm³/mol. The topological polar surface area (TPSA) is 61.4 Å². The van der Waals surface area contributed by atoms with Gasteiger partial charge >= 0.3 is 0 Å². The van der Waals surface area contributed by atoms with Crippen molar-refractivity contribution >= 4 is 17.5 Å². The van der Waals surface area contributed by atoms with E-state index in [2.05, 4.69) is 20.2 Å². The molecule has 1 aromatic carbocycles. The molecule has 1 amide bonds. The Labute approximate surface area is 149 Å². The molecule has 1 aromatic heterocycles. The number of rotatable bonds is 8. The molecule has 0 atom stereocenters. The van der Waals surface area contributed by atoms with Crippen LogP contribution in [-0.2, 0) is 0 Å². The van der Waals surface area contributed by atoms with Gasteiger partial charge < -0.3 is 15.1 Å². The molecule has 1 N–H and O–H groups in total. The van der Waals surface area contributed by atoms with E-state index in [-0.39, 0.29) is 5.91 Å². The van der Waals surface area contributed by atoms with Crippen molar-refractivity contribution in [2.45, 2.75) is 20.3 Å². The number of aromatic nitrogens is 2. The van der Waals surface area contributed by atoms with Gasteiger partial charge in [-0.1, -0.05) is 12.1 Å². The van der Waals surface area contributed by atoms with Crippen LogP contribution in [0.1, 0.15) is 29.3 Å². The first-order valence-corrected chi connectivity index (χ1v) is 8.60. The lowest BCUT2D eigenvalue weighted by Gasteiger charge is -2.21. The van der Waals surface area contributed by atoms with Gasteiger partial charge in [0.2, 0.25) is 5.95 Å². The van der Waals surface area contributed by atoms with Crippen LogP contribution in [0.5, 0.6) is 0 Å². The second kappa shape index (κ2) is 9.13. The lowest BCUT2D eigenvalue weighted by atomic mass is 10.2. The summed E-state index contributed by atoms with van der Waals surface area (Å²) in [7, 11) is 4.09. The van der Waals surface area contributed by atoms with Crippen LogP contribution in [0.2, 0.25) is 0 Å². The molecule has 0 saturated heterocycles. The maximum absolute atomic E-state index is 12.8. The summed E-state index contributed by atoms with van der Waals surface area (Å²) >= 11 is 0. The SMILES string of the molecule is CCN(C(=O)c1cnc(NCCCN(C)C)nc1)c1cccc(C)c1. The standard InChI is InChI=1S/C19H27N5O/c1-5-24(17-9-6-8-15(2)12-17)18(25)16-13-21-19(22-14-16)20-10-7-11-23(3)4/h6,8-9,12-14H,5,7,10-11H2,1-4H3,(H,20,21,22). The van der Waals surface area contributed by atoms with E-state index in [0.717, 1.165) is 30.8 Å². The summed E-state index contributed by atoms with van der Waals surface area (Å²) < 4.78 is 0. The zero-order chi connectivity index (χ0) is 18.2. The van der Waals surface area contributed by atoms with Gasteiger partial charge in [0.05, 0.1) is 5.56 Å². The Bertz CT molecular complexity index is 684. The third kappa shape index (κ3) is 5.53. The van der Waals surface area contributed by atoms with Crippen molar-refractivity contribution in [1.82, 2.24) is 14.9 Å². The van der Waals surface area contributed by atoms with Crippen LogP contribution in [0.25, 0.3) is 0 Å². The summed E-state index contributed by atoms with van der Waals surface area (Å²) in [6.07, 6.45) is 4.18. The van der Waals surface area contributed by atoms with Gasteiger partial charge in [-0.2, -0.15) is 0 Å². The van der Waals surface area contributed by atoms with Gasteiger partial charge in [0.25, 0.3) is 5.91 Å². The highest BCUT2D eigenvalue weighted by Crippen LogP contribution is 2.18. The average Bonchev–Trinajstić information content (AvgIpc) is 2.60. The fourth-order valence-corrected chi connectivity index (χ4v) is 2.52. The molecular weight excluding hydrogens is 314 g/mol. The lowest BCUT2D eigenvalue weighted by Crippen LogP contribution is -2.30. The van der Waals surface area contributed by atoms with Crippen LogP contribution >= 0.6 is 0 Å². The fourth-order valence-electron chi connectivity index (χ4n) is 2.52. The first-order valence-electron chi connectivity index (χ1n) is 8.60. The van der Waals surface area contributed by atoms with Crippen molar-refractivity contribution in [3.8, 4) is 0 Å². The Morgan fingerprint density at radius 1 is 1.20 bits per heavy atom. The molecule has 134 valence electrons. The Hall–Kier alpha value is -2.47. The maximum Gasteiger partial charge on any atom is 0.261 e. The highest BCUT2D eigenvalue weighted by molar-refractivity contribution is 6.05. The molecule has 0 spiro atoms. The Balaban J connectivity index is 2.01. The van der Waals surface area contributed by atoms with E-state index in [1.165, 1.54) is 0 Å². The highest BCUT2D eigenvalue weighted by Gasteiger charge is 2.17. The van der Waals surface area contributed by atoms with Gasteiger partial charge in [0.15, 0.2) is 0 Å². The summed E-state index contributed by atoms with van der Waals surface area (Å²) in [4.78, 5) is 25.1. The minimum atomic E-state index is -0.0905. The molecule has 0 aliphatic carbocycles. The Morgan fingerprint density at radius 3 is 2.52 bits per heavy atom. The molecule has 2 aromatic rings. The number of hydrogen-bond acceptors (Lipinski definition) is 5. The second-order valence-electron chi connectivity index (χ2n) is 6.27. The van der Waals surface area contributed by atoms with Crippen LogP contribution in [0.15, 0.2) is 36.7 Å². The summed E-state index contributed by atoms with van der Waals surface area (Å²) in [5, 5.41) is 3.17. The molecule has 0 bridgehead atoms. The Morgan fingerprint density at radius 2 is 1.92 bits per heavy atom. The number of aryl methyl sites for hydroxylation is 1. The first-order chi connectivity index (χ1) is 12.0. The summed E-state index contributed by atoms with van der Waals surface area (Å²) in [5.41, 5.74) is 2.50. The van der Waals surface area contributed by atoms with Gasteiger partial charge in [-0.05, 0) is 58.6 Å². The van der Waals surface area contributed by atoms with Crippen LogP contribution in [0.4, 0.5) is 11.6 Å². The minimum Gasteiger partial charge on any atom is -0.354 e. The van der Waals surface area contributed by atoms with Crippen molar-refractivity contribution in [2.75, 3.05) is 43.9 Å². The quantitative estimate of drug-likeness (QED) is 0.748. The van der Waals surface area contributed by atoms with Crippen LogP contribution in [0, 0.1) is 6.92 Å². The molecule has 0 radical (unpaired) electrons. The summed E-state index contributed by atoms with van der Waals surface area (Å²) in [6.45, 7) is 6.37. The molecule has 0 saturated carbocycles. The number of hydrogen-bond donors (Lipinski definition) is 1. The minimum absolute atomic E-state index is 0.0905. The summed E-state index contributed by atoms with van der Waals surface area (Å²) in [5.74, 6) is 0.459. The van der Waals surface area contributed by atoms with E-state index in [9.17, 15) is 4.79 Å². The third-order valence-electron chi connectivity index (χ3n) is 3.84. The van der Waals surface area contributed by atoms with E-state index in [4.69, 9.17) is 0 Å². The van der Waals surface area contributed by atoms with E-state index in [1.54, 1.807) is 17.3 Å². The van der Waals surface area contributed by atoms with Crippen molar-refractivity contribution in [2.24, 2.45) is 0 Å². The number of nitrogens with one attached hydrogen (secondary N) is 1. The van der Waals surface area contributed by atoms with Crippen molar-refractivity contribution in [3.63, 3.8) is 0 Å². The second-order valence-corrected chi connectivity index (χ2v) is 6.27. The van der Waals surface area contributed by atoms with E-state index < -0.39 is 0 Å². The van der Waals surface area contributed by atoms with E-state index >= 15 is 0 Å². The first kappa shape index (κ1) is 18.9. The molecular formula is C19H27N5O.